The molecule has 3 aromatic rings. The molecule has 0 spiro atoms. The van der Waals surface area contributed by atoms with E-state index < -0.39 is 0 Å². The van der Waals surface area contributed by atoms with Crippen LogP contribution >= 0.6 is 0 Å². The number of para-hydroxylation sites is 2. The predicted octanol–water partition coefficient (Wildman–Crippen LogP) is 1.95. The molecule has 0 atom stereocenters. The molecule has 2 N–H and O–H groups in total. The maximum absolute atomic E-state index is 5.51. The number of nitrogens with two attached hydrogens (primary N) is 1. The Labute approximate surface area is 111 Å². The second kappa shape index (κ2) is 5.32. The van der Waals surface area contributed by atoms with Crippen molar-refractivity contribution < 1.29 is 0 Å². The number of fused-ring (bicyclic) bond motifs is 3. The lowest BCUT2D eigenvalue weighted by Gasteiger charge is -2.04. The molecule has 5 nitrogen and oxygen atoms in total. The van der Waals surface area contributed by atoms with Crippen LogP contribution in [0.5, 0.6) is 0 Å². The van der Waals surface area contributed by atoms with Gasteiger partial charge in [-0.15, -0.1) is 10.2 Å². The van der Waals surface area contributed by atoms with E-state index in [1.165, 1.54) is 0 Å². The molecule has 5 heteroatoms. The Morgan fingerprint density at radius 1 is 1.05 bits per heavy atom. The van der Waals surface area contributed by atoms with Gasteiger partial charge >= 0.3 is 0 Å². The lowest BCUT2D eigenvalue weighted by atomic mass is 10.2. The van der Waals surface area contributed by atoms with E-state index in [4.69, 9.17) is 5.73 Å². The Kier molecular flexibility index (Phi) is 3.37. The number of aromatic nitrogens is 4. The van der Waals surface area contributed by atoms with Crippen LogP contribution in [-0.2, 0) is 6.42 Å². The number of rotatable bonds is 5. The maximum Gasteiger partial charge on any atom is 0.179 e. The normalized spacial score (nSPS) is 11.4. The van der Waals surface area contributed by atoms with Gasteiger partial charge in [-0.25, -0.2) is 0 Å². The van der Waals surface area contributed by atoms with Gasteiger partial charge in [0.25, 0.3) is 0 Å². The molecule has 1 aromatic carbocycles. The number of benzene rings is 1. The van der Waals surface area contributed by atoms with Gasteiger partial charge in [-0.3, -0.25) is 9.38 Å². The Hall–Kier alpha value is -2.01. The van der Waals surface area contributed by atoms with Crippen LogP contribution in [-0.4, -0.2) is 26.1 Å². The summed E-state index contributed by atoms with van der Waals surface area (Å²) in [5, 5.41) is 8.48. The minimum Gasteiger partial charge on any atom is -0.330 e. The number of aryl methyl sites for hydroxylation is 1. The third-order valence-corrected chi connectivity index (χ3v) is 3.30. The van der Waals surface area contributed by atoms with Gasteiger partial charge in [-0.05, 0) is 31.5 Å². The Bertz CT molecular complexity index is 688. The van der Waals surface area contributed by atoms with Gasteiger partial charge in [0.15, 0.2) is 5.65 Å². The maximum atomic E-state index is 5.51. The van der Waals surface area contributed by atoms with E-state index in [-0.39, 0.29) is 0 Å². The predicted molar refractivity (Wildman–Crippen MR) is 74.9 cm³/mol. The van der Waals surface area contributed by atoms with Gasteiger partial charge in [0, 0.05) is 6.42 Å². The largest absolute Gasteiger partial charge is 0.330 e. The highest BCUT2D eigenvalue weighted by molar-refractivity contribution is 5.77. The van der Waals surface area contributed by atoms with Crippen LogP contribution in [0.2, 0.25) is 0 Å². The zero-order valence-corrected chi connectivity index (χ0v) is 10.8. The molecular weight excluding hydrogens is 238 g/mol. The van der Waals surface area contributed by atoms with Crippen molar-refractivity contribution in [3.8, 4) is 0 Å². The minimum absolute atomic E-state index is 0.757. The van der Waals surface area contributed by atoms with Crippen molar-refractivity contribution in [2.24, 2.45) is 5.73 Å². The fourth-order valence-electron chi connectivity index (χ4n) is 2.33. The lowest BCUT2D eigenvalue weighted by molar-refractivity contribution is 0.667. The van der Waals surface area contributed by atoms with Crippen molar-refractivity contribution in [2.45, 2.75) is 25.7 Å². The van der Waals surface area contributed by atoms with Gasteiger partial charge in [-0.2, -0.15) is 0 Å². The van der Waals surface area contributed by atoms with E-state index in [0.29, 0.717) is 0 Å². The third kappa shape index (κ3) is 2.29. The van der Waals surface area contributed by atoms with Crippen molar-refractivity contribution >= 4 is 16.7 Å². The molecule has 19 heavy (non-hydrogen) atoms. The molecule has 0 saturated carbocycles. The van der Waals surface area contributed by atoms with E-state index >= 15 is 0 Å². The molecular formula is C14H17N5. The van der Waals surface area contributed by atoms with Crippen molar-refractivity contribution in [3.63, 3.8) is 0 Å². The van der Waals surface area contributed by atoms with Gasteiger partial charge in [0.2, 0.25) is 0 Å². The molecule has 0 saturated heterocycles. The van der Waals surface area contributed by atoms with Crippen molar-refractivity contribution in [1.82, 2.24) is 19.6 Å². The first-order valence-electron chi connectivity index (χ1n) is 6.68. The first-order chi connectivity index (χ1) is 9.40. The third-order valence-electron chi connectivity index (χ3n) is 3.30. The summed E-state index contributed by atoms with van der Waals surface area (Å²) in [6, 6.07) is 8.07. The van der Waals surface area contributed by atoms with Gasteiger partial charge in [-0.1, -0.05) is 18.6 Å². The lowest BCUT2D eigenvalue weighted by Crippen LogP contribution is -2.00. The van der Waals surface area contributed by atoms with Crippen LogP contribution in [0.1, 0.15) is 25.1 Å². The van der Waals surface area contributed by atoms with Crippen molar-refractivity contribution in [1.29, 1.82) is 0 Å². The number of unbranched alkanes of at least 4 members (excludes halogenated alkanes) is 2. The standard InChI is InChI=1S/C14H17N5/c15-9-5-1-2-8-13-17-18-14-10-16-11-6-3-4-7-12(11)19(13)14/h3-4,6-7,10H,1-2,5,8-9,15H2. The SMILES string of the molecule is NCCCCCc1nnc2cnc3ccccc3n12. The van der Waals surface area contributed by atoms with Crippen LogP contribution in [0, 0.1) is 0 Å². The van der Waals surface area contributed by atoms with E-state index in [1.54, 1.807) is 6.20 Å². The molecule has 0 fully saturated rings. The average Bonchev–Trinajstić information content (AvgIpc) is 2.87. The van der Waals surface area contributed by atoms with Crippen LogP contribution in [0.25, 0.3) is 16.7 Å². The highest BCUT2D eigenvalue weighted by Gasteiger charge is 2.08. The molecule has 0 aliphatic carbocycles. The Morgan fingerprint density at radius 2 is 1.95 bits per heavy atom. The minimum atomic E-state index is 0.757. The Morgan fingerprint density at radius 3 is 2.84 bits per heavy atom. The number of hydrogen-bond donors (Lipinski definition) is 1. The van der Waals surface area contributed by atoms with E-state index in [2.05, 4.69) is 25.6 Å². The zero-order chi connectivity index (χ0) is 13.1. The summed E-state index contributed by atoms with van der Waals surface area (Å²) in [4.78, 5) is 4.39. The van der Waals surface area contributed by atoms with E-state index in [0.717, 1.165) is 54.7 Å². The van der Waals surface area contributed by atoms with E-state index in [1.807, 2.05) is 18.2 Å². The van der Waals surface area contributed by atoms with E-state index in [9.17, 15) is 0 Å². The quantitative estimate of drug-likeness (QED) is 0.707. The first-order valence-corrected chi connectivity index (χ1v) is 6.68. The first kappa shape index (κ1) is 12.0. The molecule has 0 radical (unpaired) electrons. The Balaban J connectivity index is 1.98. The van der Waals surface area contributed by atoms with Crippen molar-refractivity contribution in [3.05, 3.63) is 36.3 Å². The summed E-state index contributed by atoms with van der Waals surface area (Å²) in [7, 11) is 0. The highest BCUT2D eigenvalue weighted by atomic mass is 15.3. The molecule has 2 aromatic heterocycles. The molecule has 98 valence electrons. The van der Waals surface area contributed by atoms with Crippen molar-refractivity contribution in [2.75, 3.05) is 6.54 Å². The number of hydrogen-bond acceptors (Lipinski definition) is 4. The summed E-state index contributed by atoms with van der Waals surface area (Å²) >= 11 is 0. The highest BCUT2D eigenvalue weighted by Crippen LogP contribution is 2.16. The summed E-state index contributed by atoms with van der Waals surface area (Å²) in [5.41, 5.74) is 8.36. The topological polar surface area (TPSA) is 69.1 Å². The molecule has 0 amide bonds. The van der Waals surface area contributed by atoms with Crippen LogP contribution in [0.3, 0.4) is 0 Å². The smallest absolute Gasteiger partial charge is 0.179 e. The van der Waals surface area contributed by atoms with Crippen LogP contribution in [0.4, 0.5) is 0 Å². The molecule has 0 unspecified atom stereocenters. The van der Waals surface area contributed by atoms with Gasteiger partial charge in [0.1, 0.15) is 5.82 Å². The monoisotopic (exact) mass is 255 g/mol. The van der Waals surface area contributed by atoms with Crippen LogP contribution < -0.4 is 5.73 Å². The molecule has 2 heterocycles. The van der Waals surface area contributed by atoms with Gasteiger partial charge in [0.05, 0.1) is 17.2 Å². The molecule has 0 aliphatic heterocycles. The molecule has 0 bridgehead atoms. The van der Waals surface area contributed by atoms with Crippen LogP contribution in [0.15, 0.2) is 30.5 Å². The summed E-state index contributed by atoms with van der Waals surface area (Å²) in [6.07, 6.45) is 6.00. The van der Waals surface area contributed by atoms with Gasteiger partial charge < -0.3 is 5.73 Å². The zero-order valence-electron chi connectivity index (χ0n) is 10.8. The fraction of sp³-hybridized carbons (Fsp3) is 0.357. The summed E-state index contributed by atoms with van der Waals surface area (Å²) in [6.45, 7) is 0.757. The second-order valence-electron chi connectivity index (χ2n) is 4.66. The fourth-order valence-corrected chi connectivity index (χ4v) is 2.33. The number of nitrogens with zero attached hydrogens (tertiary/aromatic N) is 4. The average molecular weight is 255 g/mol. The summed E-state index contributed by atoms with van der Waals surface area (Å²) < 4.78 is 2.10. The second-order valence-corrected chi connectivity index (χ2v) is 4.66. The molecule has 0 aliphatic rings. The molecule has 3 rings (SSSR count). The summed E-state index contributed by atoms with van der Waals surface area (Å²) in [5.74, 6) is 1.01.